The number of carboxylic acids is 1. The fourth-order valence-corrected chi connectivity index (χ4v) is 3.09. The Hall–Kier alpha value is -2.68. The van der Waals surface area contributed by atoms with Crippen LogP contribution in [-0.2, 0) is 14.8 Å². The van der Waals surface area contributed by atoms with Crippen LogP contribution in [0.15, 0.2) is 47.6 Å². The van der Waals surface area contributed by atoms with E-state index in [4.69, 9.17) is 10.8 Å². The van der Waals surface area contributed by atoms with Gasteiger partial charge in [0.05, 0.1) is 11.3 Å². The number of carboxylic acid groups (broad SMARTS) is 1. The van der Waals surface area contributed by atoms with Gasteiger partial charge in [-0.05, 0) is 30.3 Å². The first kappa shape index (κ1) is 15.7. The lowest BCUT2D eigenvalue weighted by Crippen LogP contribution is -2.34. The Morgan fingerprint density at radius 3 is 2.32 bits per heavy atom. The Bertz CT molecular complexity index is 747. The molecule has 0 bridgehead atoms. The van der Waals surface area contributed by atoms with E-state index in [2.05, 4.69) is 9.97 Å². The van der Waals surface area contributed by atoms with Crippen molar-refractivity contribution in [3.63, 3.8) is 0 Å². The highest BCUT2D eigenvalue weighted by atomic mass is 32.2. The SMILES string of the molecule is Nc1ccc(S(=O)(=O)N(CCC(=O)O)c2ncccn2)cc1. The fourth-order valence-electron chi connectivity index (χ4n) is 1.71. The number of hydrogen-bond donors (Lipinski definition) is 2. The molecule has 2 aromatic rings. The Labute approximate surface area is 127 Å². The second-order valence-electron chi connectivity index (χ2n) is 4.34. The van der Waals surface area contributed by atoms with E-state index in [1.807, 2.05) is 0 Å². The average molecular weight is 322 g/mol. The number of aromatic nitrogens is 2. The molecule has 0 aliphatic rings. The molecule has 3 N–H and O–H groups in total. The number of nitrogen functional groups attached to an aromatic ring is 1. The molecule has 0 radical (unpaired) electrons. The van der Waals surface area contributed by atoms with E-state index in [-0.39, 0.29) is 23.8 Å². The third-order valence-electron chi connectivity index (χ3n) is 2.77. The summed E-state index contributed by atoms with van der Waals surface area (Å²) in [6.07, 6.45) is 2.40. The molecule has 0 atom stereocenters. The summed E-state index contributed by atoms with van der Waals surface area (Å²) in [5.41, 5.74) is 5.97. The van der Waals surface area contributed by atoms with E-state index in [0.29, 0.717) is 5.69 Å². The molecule has 0 aliphatic carbocycles. The molecule has 8 nitrogen and oxygen atoms in total. The number of sulfonamides is 1. The molecule has 116 valence electrons. The Balaban J connectivity index is 2.43. The molecule has 2 rings (SSSR count). The Morgan fingerprint density at radius 1 is 1.18 bits per heavy atom. The maximum atomic E-state index is 12.7. The minimum Gasteiger partial charge on any atom is -0.481 e. The summed E-state index contributed by atoms with van der Waals surface area (Å²) in [5.74, 6) is -1.20. The third kappa shape index (κ3) is 3.50. The van der Waals surface area contributed by atoms with Gasteiger partial charge in [0.25, 0.3) is 10.0 Å². The van der Waals surface area contributed by atoms with Crippen molar-refractivity contribution in [2.24, 2.45) is 0 Å². The lowest BCUT2D eigenvalue weighted by atomic mass is 10.3. The molecule has 22 heavy (non-hydrogen) atoms. The van der Waals surface area contributed by atoms with E-state index in [1.165, 1.54) is 42.7 Å². The quantitative estimate of drug-likeness (QED) is 0.750. The summed E-state index contributed by atoms with van der Waals surface area (Å²) in [4.78, 5) is 18.5. The van der Waals surface area contributed by atoms with Crippen molar-refractivity contribution in [2.75, 3.05) is 16.6 Å². The normalized spacial score (nSPS) is 11.1. The minimum absolute atomic E-state index is 0.0143. The second kappa shape index (κ2) is 6.39. The smallest absolute Gasteiger partial charge is 0.305 e. The van der Waals surface area contributed by atoms with Gasteiger partial charge in [0, 0.05) is 24.6 Å². The number of nitrogens with zero attached hydrogens (tertiary/aromatic N) is 3. The van der Waals surface area contributed by atoms with Crippen molar-refractivity contribution >= 4 is 27.6 Å². The lowest BCUT2D eigenvalue weighted by Gasteiger charge is -2.21. The molecular formula is C13H14N4O4S. The molecule has 0 saturated carbocycles. The molecule has 9 heteroatoms. The highest BCUT2D eigenvalue weighted by Crippen LogP contribution is 2.21. The van der Waals surface area contributed by atoms with Crippen molar-refractivity contribution < 1.29 is 18.3 Å². The number of anilines is 2. The number of carbonyl (C=O) groups is 1. The average Bonchev–Trinajstić information content (AvgIpc) is 2.48. The molecule has 0 spiro atoms. The van der Waals surface area contributed by atoms with Crippen molar-refractivity contribution in [2.45, 2.75) is 11.3 Å². The van der Waals surface area contributed by atoms with Crippen LogP contribution in [0, 0.1) is 0 Å². The van der Waals surface area contributed by atoms with Crippen molar-refractivity contribution in [1.29, 1.82) is 0 Å². The zero-order chi connectivity index (χ0) is 16.2. The zero-order valence-electron chi connectivity index (χ0n) is 11.5. The topological polar surface area (TPSA) is 126 Å². The van der Waals surface area contributed by atoms with E-state index in [9.17, 15) is 13.2 Å². The van der Waals surface area contributed by atoms with Gasteiger partial charge in [-0.25, -0.2) is 22.7 Å². The standard InChI is InChI=1S/C13H14N4O4S/c14-10-2-4-11(5-3-10)22(20,21)17(9-6-12(18)19)13-15-7-1-8-16-13/h1-5,7-8H,6,9,14H2,(H,18,19). The van der Waals surface area contributed by atoms with Crippen LogP contribution in [-0.4, -0.2) is 36.0 Å². The first-order chi connectivity index (χ1) is 10.4. The number of nitrogens with two attached hydrogens (primary N) is 1. The van der Waals surface area contributed by atoms with Gasteiger partial charge >= 0.3 is 5.97 Å². The Kier molecular flexibility index (Phi) is 4.56. The second-order valence-corrected chi connectivity index (χ2v) is 6.20. The van der Waals surface area contributed by atoms with Gasteiger partial charge in [-0.3, -0.25) is 4.79 Å². The molecule has 0 unspecified atom stereocenters. The molecule has 0 fully saturated rings. The molecule has 1 aromatic heterocycles. The van der Waals surface area contributed by atoms with Crippen LogP contribution in [0.25, 0.3) is 0 Å². The van der Waals surface area contributed by atoms with Crippen LogP contribution in [0.4, 0.5) is 11.6 Å². The highest BCUT2D eigenvalue weighted by molar-refractivity contribution is 7.92. The maximum absolute atomic E-state index is 12.7. The molecular weight excluding hydrogens is 308 g/mol. The zero-order valence-corrected chi connectivity index (χ0v) is 12.3. The summed E-state index contributed by atoms with van der Waals surface area (Å²) in [6.45, 7) is -0.272. The molecule has 1 heterocycles. The third-order valence-corrected chi connectivity index (χ3v) is 4.57. The van der Waals surface area contributed by atoms with Crippen LogP contribution < -0.4 is 10.0 Å². The predicted octanol–water partition coefficient (Wildman–Crippen LogP) is 0.729. The summed E-state index contributed by atoms with van der Waals surface area (Å²) >= 11 is 0. The van der Waals surface area contributed by atoms with Crippen LogP contribution in [0.5, 0.6) is 0 Å². The van der Waals surface area contributed by atoms with E-state index in [1.54, 1.807) is 0 Å². The van der Waals surface area contributed by atoms with E-state index in [0.717, 1.165) is 4.31 Å². The van der Waals surface area contributed by atoms with Gasteiger partial charge in [0.1, 0.15) is 0 Å². The first-order valence-electron chi connectivity index (χ1n) is 6.28. The van der Waals surface area contributed by atoms with Crippen LogP contribution >= 0.6 is 0 Å². The van der Waals surface area contributed by atoms with Gasteiger partial charge in [-0.15, -0.1) is 0 Å². The molecule has 0 amide bonds. The minimum atomic E-state index is -3.98. The lowest BCUT2D eigenvalue weighted by molar-refractivity contribution is -0.136. The summed E-state index contributed by atoms with van der Waals surface area (Å²) in [6, 6.07) is 7.14. The monoisotopic (exact) mass is 322 g/mol. The fraction of sp³-hybridized carbons (Fsp3) is 0.154. The number of aliphatic carboxylic acids is 1. The van der Waals surface area contributed by atoms with Crippen LogP contribution in [0.1, 0.15) is 6.42 Å². The van der Waals surface area contributed by atoms with Crippen molar-refractivity contribution in [3.8, 4) is 0 Å². The summed E-state index contributed by atoms with van der Waals surface area (Å²) in [5, 5.41) is 8.80. The largest absolute Gasteiger partial charge is 0.481 e. The Morgan fingerprint density at radius 2 is 1.77 bits per heavy atom. The number of hydrogen-bond acceptors (Lipinski definition) is 6. The van der Waals surface area contributed by atoms with Crippen molar-refractivity contribution in [1.82, 2.24) is 9.97 Å². The van der Waals surface area contributed by atoms with Gasteiger partial charge in [0.2, 0.25) is 5.95 Å². The summed E-state index contributed by atoms with van der Waals surface area (Å²) < 4.78 is 26.2. The highest BCUT2D eigenvalue weighted by Gasteiger charge is 2.27. The molecule has 1 aromatic carbocycles. The maximum Gasteiger partial charge on any atom is 0.305 e. The van der Waals surface area contributed by atoms with Gasteiger partial charge < -0.3 is 10.8 Å². The number of benzene rings is 1. The predicted molar refractivity (Wildman–Crippen MR) is 79.7 cm³/mol. The first-order valence-corrected chi connectivity index (χ1v) is 7.72. The van der Waals surface area contributed by atoms with E-state index >= 15 is 0 Å². The molecule has 0 saturated heterocycles. The van der Waals surface area contributed by atoms with Gasteiger partial charge in [-0.1, -0.05) is 0 Å². The van der Waals surface area contributed by atoms with Gasteiger partial charge in [-0.2, -0.15) is 0 Å². The molecule has 0 aliphatic heterocycles. The summed E-state index contributed by atoms with van der Waals surface area (Å²) in [7, 11) is -3.98. The van der Waals surface area contributed by atoms with Crippen molar-refractivity contribution in [3.05, 3.63) is 42.7 Å². The number of rotatable bonds is 6. The van der Waals surface area contributed by atoms with Crippen LogP contribution in [0.2, 0.25) is 0 Å². The van der Waals surface area contributed by atoms with E-state index < -0.39 is 16.0 Å². The van der Waals surface area contributed by atoms with Crippen LogP contribution in [0.3, 0.4) is 0 Å². The van der Waals surface area contributed by atoms with Gasteiger partial charge in [0.15, 0.2) is 0 Å².